The number of rotatable bonds is 6. The van der Waals surface area contributed by atoms with E-state index in [0.717, 1.165) is 25.3 Å². The van der Waals surface area contributed by atoms with E-state index in [9.17, 15) is 13.2 Å². The van der Waals surface area contributed by atoms with E-state index in [0.29, 0.717) is 12.2 Å². The van der Waals surface area contributed by atoms with E-state index in [1.165, 1.54) is 28.8 Å². The number of hydrogen-bond acceptors (Lipinski definition) is 6. The fraction of sp³-hybridized carbons (Fsp3) is 0.588. The number of nitrogens with zero attached hydrogens (tertiary/aromatic N) is 1. The molecule has 8 heteroatoms. The molecule has 25 heavy (non-hydrogen) atoms. The van der Waals surface area contributed by atoms with Crippen molar-refractivity contribution in [2.45, 2.75) is 18.2 Å². The van der Waals surface area contributed by atoms with E-state index >= 15 is 0 Å². The van der Waals surface area contributed by atoms with Crippen LogP contribution in [-0.4, -0.2) is 66.3 Å². The Balaban J connectivity index is 1.47. The van der Waals surface area contributed by atoms with Gasteiger partial charge in [0.15, 0.2) is 9.84 Å². The number of carbonyl (C=O) groups excluding carboxylic acids is 1. The maximum atomic E-state index is 12.1. The third kappa shape index (κ3) is 6.20. The molecule has 1 aromatic rings. The molecule has 0 spiro atoms. The van der Waals surface area contributed by atoms with Gasteiger partial charge in [0.25, 0.3) is 0 Å². The number of sulfone groups is 1. The Morgan fingerprint density at radius 1 is 1.32 bits per heavy atom. The molecule has 1 atom stereocenters. The standard InChI is InChI=1S/C17H24N2O3S3/c20-17(12-24-16-4-9-25(21,22)13-16)18-15-3-1-2-14(10-15)11-19-5-7-23-8-6-19/h1-3,10,16H,4-9,11-13H2,(H,18,20). The molecule has 1 unspecified atom stereocenters. The number of hydrogen-bond donors (Lipinski definition) is 1. The second-order valence-electron chi connectivity index (χ2n) is 6.47. The van der Waals surface area contributed by atoms with Crippen molar-refractivity contribution in [2.24, 2.45) is 0 Å². The maximum absolute atomic E-state index is 12.1. The molecule has 3 rings (SSSR count). The Kier molecular flexibility index (Phi) is 6.71. The minimum absolute atomic E-state index is 0.0547. The monoisotopic (exact) mass is 400 g/mol. The lowest BCUT2D eigenvalue weighted by Gasteiger charge is -2.26. The quantitative estimate of drug-likeness (QED) is 0.789. The molecule has 2 aliphatic heterocycles. The maximum Gasteiger partial charge on any atom is 0.234 e. The van der Waals surface area contributed by atoms with Crippen LogP contribution in [0.25, 0.3) is 0 Å². The van der Waals surface area contributed by atoms with Gasteiger partial charge in [0.05, 0.1) is 17.3 Å². The van der Waals surface area contributed by atoms with Crippen LogP contribution < -0.4 is 5.32 Å². The van der Waals surface area contributed by atoms with E-state index in [4.69, 9.17) is 0 Å². The third-order valence-electron chi connectivity index (χ3n) is 4.36. The van der Waals surface area contributed by atoms with Gasteiger partial charge in [-0.1, -0.05) is 12.1 Å². The summed E-state index contributed by atoms with van der Waals surface area (Å²) in [6, 6.07) is 8.00. The first-order valence-corrected chi connectivity index (χ1v) is 12.5. The summed E-state index contributed by atoms with van der Waals surface area (Å²) in [5.74, 6) is 3.06. The van der Waals surface area contributed by atoms with Crippen LogP contribution in [0, 0.1) is 0 Å². The van der Waals surface area contributed by atoms with Gasteiger partial charge in [-0.3, -0.25) is 9.69 Å². The Bertz CT molecular complexity index is 703. The molecule has 1 N–H and O–H groups in total. The van der Waals surface area contributed by atoms with Crippen molar-refractivity contribution in [3.8, 4) is 0 Å². The van der Waals surface area contributed by atoms with Crippen molar-refractivity contribution < 1.29 is 13.2 Å². The van der Waals surface area contributed by atoms with Crippen LogP contribution in [0.3, 0.4) is 0 Å². The first-order valence-electron chi connectivity index (χ1n) is 8.51. The van der Waals surface area contributed by atoms with E-state index in [2.05, 4.69) is 16.3 Å². The summed E-state index contributed by atoms with van der Waals surface area (Å²) < 4.78 is 22.9. The van der Waals surface area contributed by atoms with Crippen LogP contribution in [-0.2, 0) is 21.2 Å². The number of thioether (sulfide) groups is 2. The molecule has 0 radical (unpaired) electrons. The van der Waals surface area contributed by atoms with Gasteiger partial charge in [-0.15, -0.1) is 11.8 Å². The van der Waals surface area contributed by atoms with Crippen LogP contribution in [0.4, 0.5) is 5.69 Å². The van der Waals surface area contributed by atoms with Gasteiger partial charge >= 0.3 is 0 Å². The lowest BCUT2D eigenvalue weighted by atomic mass is 10.2. The average molecular weight is 401 g/mol. The first-order chi connectivity index (χ1) is 12.0. The molecule has 5 nitrogen and oxygen atoms in total. The van der Waals surface area contributed by atoms with E-state index < -0.39 is 9.84 Å². The summed E-state index contributed by atoms with van der Waals surface area (Å²) in [6.45, 7) is 3.14. The topological polar surface area (TPSA) is 66.5 Å². The number of carbonyl (C=O) groups is 1. The van der Waals surface area contributed by atoms with Gasteiger partial charge < -0.3 is 5.32 Å². The van der Waals surface area contributed by atoms with Crippen LogP contribution in [0.2, 0.25) is 0 Å². The van der Waals surface area contributed by atoms with Gasteiger partial charge in [-0.25, -0.2) is 8.42 Å². The number of benzene rings is 1. The second-order valence-corrected chi connectivity index (χ2v) is 11.2. The fourth-order valence-corrected chi connectivity index (χ4v) is 7.47. The van der Waals surface area contributed by atoms with Crippen molar-refractivity contribution >= 4 is 45.0 Å². The Morgan fingerprint density at radius 3 is 2.84 bits per heavy atom. The molecule has 2 aliphatic rings. The van der Waals surface area contributed by atoms with Gasteiger partial charge in [0.2, 0.25) is 5.91 Å². The minimum atomic E-state index is -2.88. The van der Waals surface area contributed by atoms with Gasteiger partial charge in [-0.05, 0) is 24.1 Å². The minimum Gasteiger partial charge on any atom is -0.325 e. The lowest BCUT2D eigenvalue weighted by molar-refractivity contribution is -0.113. The van der Waals surface area contributed by atoms with Crippen LogP contribution >= 0.6 is 23.5 Å². The highest BCUT2D eigenvalue weighted by atomic mass is 32.2. The highest BCUT2D eigenvalue weighted by molar-refractivity contribution is 8.02. The van der Waals surface area contributed by atoms with Crippen molar-refractivity contribution in [2.75, 3.05) is 47.2 Å². The predicted molar refractivity (Wildman–Crippen MR) is 107 cm³/mol. The van der Waals surface area contributed by atoms with Gasteiger partial charge in [0, 0.05) is 42.1 Å². The zero-order chi connectivity index (χ0) is 17.7. The number of anilines is 1. The fourth-order valence-electron chi connectivity index (χ4n) is 3.05. The van der Waals surface area contributed by atoms with Crippen LogP contribution in [0.1, 0.15) is 12.0 Å². The molecule has 1 aromatic carbocycles. The lowest BCUT2D eigenvalue weighted by Crippen LogP contribution is -2.31. The summed E-state index contributed by atoms with van der Waals surface area (Å²) in [4.78, 5) is 14.6. The molecule has 0 saturated carbocycles. The van der Waals surface area contributed by atoms with Crippen LogP contribution in [0.15, 0.2) is 24.3 Å². The highest BCUT2D eigenvalue weighted by Gasteiger charge is 2.28. The molecule has 1 amide bonds. The van der Waals surface area contributed by atoms with Crippen molar-refractivity contribution in [1.82, 2.24) is 4.90 Å². The number of amides is 1. The Labute approximate surface area is 158 Å². The molecule has 138 valence electrons. The van der Waals surface area contributed by atoms with Crippen molar-refractivity contribution in [3.63, 3.8) is 0 Å². The largest absolute Gasteiger partial charge is 0.325 e. The summed E-state index contributed by atoms with van der Waals surface area (Å²) in [6.07, 6.45) is 0.657. The number of nitrogens with one attached hydrogen (secondary N) is 1. The Hall–Kier alpha value is -0.700. The zero-order valence-electron chi connectivity index (χ0n) is 14.1. The summed E-state index contributed by atoms with van der Waals surface area (Å²) in [5, 5.41) is 2.99. The summed E-state index contributed by atoms with van der Waals surface area (Å²) in [5.41, 5.74) is 2.02. The molecule has 0 aliphatic carbocycles. The zero-order valence-corrected chi connectivity index (χ0v) is 16.6. The van der Waals surface area contributed by atoms with Crippen molar-refractivity contribution in [1.29, 1.82) is 0 Å². The van der Waals surface area contributed by atoms with E-state index in [-0.39, 0.29) is 22.7 Å². The second kappa shape index (κ2) is 8.79. The normalized spacial score (nSPS) is 23.4. The average Bonchev–Trinajstić information content (AvgIpc) is 2.93. The molecular weight excluding hydrogens is 376 g/mol. The van der Waals surface area contributed by atoms with E-state index in [1.807, 2.05) is 30.0 Å². The molecule has 2 saturated heterocycles. The SMILES string of the molecule is O=C(CSC1CCS(=O)(=O)C1)Nc1cccc(CN2CCSCC2)c1. The van der Waals surface area contributed by atoms with Gasteiger partial charge in [0.1, 0.15) is 0 Å². The molecule has 0 aromatic heterocycles. The molecular formula is C17H24N2O3S3. The molecule has 2 fully saturated rings. The van der Waals surface area contributed by atoms with Gasteiger partial charge in [-0.2, -0.15) is 11.8 Å². The predicted octanol–water partition coefficient (Wildman–Crippen LogP) is 2.09. The summed E-state index contributed by atoms with van der Waals surface area (Å²) in [7, 11) is -2.88. The smallest absolute Gasteiger partial charge is 0.234 e. The molecule has 0 bridgehead atoms. The van der Waals surface area contributed by atoms with Crippen molar-refractivity contribution in [3.05, 3.63) is 29.8 Å². The van der Waals surface area contributed by atoms with E-state index in [1.54, 1.807) is 0 Å². The highest BCUT2D eigenvalue weighted by Crippen LogP contribution is 2.24. The summed E-state index contributed by atoms with van der Waals surface area (Å²) >= 11 is 3.44. The third-order valence-corrected chi connectivity index (χ3v) is 8.59. The Morgan fingerprint density at radius 2 is 2.12 bits per heavy atom. The molecule has 2 heterocycles. The first kappa shape index (κ1) is 19.1. The van der Waals surface area contributed by atoms with Crippen LogP contribution in [0.5, 0.6) is 0 Å².